The van der Waals surface area contributed by atoms with Crippen molar-refractivity contribution in [2.45, 2.75) is 34.1 Å². The Balaban J connectivity index is 1.53. The molecular formula is C28H28N4O. The fourth-order valence-corrected chi connectivity index (χ4v) is 4.48. The van der Waals surface area contributed by atoms with Crippen LogP contribution in [0.4, 0.5) is 0 Å². The van der Waals surface area contributed by atoms with E-state index in [4.69, 9.17) is 0 Å². The van der Waals surface area contributed by atoms with Crippen LogP contribution >= 0.6 is 0 Å². The molecule has 2 heterocycles. The van der Waals surface area contributed by atoms with Crippen molar-refractivity contribution in [3.05, 3.63) is 93.9 Å². The third kappa shape index (κ3) is 4.33. The van der Waals surface area contributed by atoms with Gasteiger partial charge in [-0.15, -0.1) is 0 Å². The molecule has 0 atom stereocenters. The van der Waals surface area contributed by atoms with Gasteiger partial charge in [0.2, 0.25) is 0 Å². The summed E-state index contributed by atoms with van der Waals surface area (Å²) < 4.78 is 2.19. The quantitative estimate of drug-likeness (QED) is 0.311. The van der Waals surface area contributed by atoms with Crippen molar-refractivity contribution in [1.29, 1.82) is 5.26 Å². The van der Waals surface area contributed by atoms with Crippen LogP contribution in [0.15, 0.2) is 60.3 Å². The number of amides is 1. The minimum Gasteiger partial charge on any atom is -0.361 e. The van der Waals surface area contributed by atoms with Crippen LogP contribution in [0.25, 0.3) is 22.7 Å². The second-order valence-electron chi connectivity index (χ2n) is 8.44. The number of benzene rings is 2. The van der Waals surface area contributed by atoms with E-state index in [1.165, 1.54) is 11.1 Å². The average Bonchev–Trinajstić information content (AvgIpc) is 3.33. The molecule has 0 bridgehead atoms. The average molecular weight is 437 g/mol. The summed E-state index contributed by atoms with van der Waals surface area (Å²) in [5, 5.41) is 13.7. The Morgan fingerprint density at radius 1 is 1.09 bits per heavy atom. The molecular weight excluding hydrogens is 408 g/mol. The van der Waals surface area contributed by atoms with Gasteiger partial charge in [0, 0.05) is 35.0 Å². The lowest BCUT2D eigenvalue weighted by Gasteiger charge is -2.15. The molecule has 2 N–H and O–H groups in total. The molecule has 4 rings (SSSR count). The molecule has 2 aromatic carbocycles. The predicted octanol–water partition coefficient (Wildman–Crippen LogP) is 5.46. The standard InChI is InChI=1S/C28H28N4O/c1-18-8-7-9-19(2)27(18)32-20(3)14-23(21(32)4)15-24(16-29)28(33)30-13-12-22-17-31-26-11-6-5-10-25(22)26/h5-11,14-15,17,31H,12-13H2,1-4H3,(H,30,33)/b24-15-. The van der Waals surface area contributed by atoms with E-state index in [9.17, 15) is 10.1 Å². The number of carbonyl (C=O) groups is 1. The molecule has 2 aromatic heterocycles. The van der Waals surface area contributed by atoms with Crippen molar-refractivity contribution in [2.24, 2.45) is 0 Å². The van der Waals surface area contributed by atoms with Gasteiger partial charge in [-0.2, -0.15) is 5.26 Å². The summed E-state index contributed by atoms with van der Waals surface area (Å²) in [6.45, 7) is 8.72. The Hall–Kier alpha value is -4.04. The number of aryl methyl sites for hydroxylation is 3. The minimum atomic E-state index is -0.353. The van der Waals surface area contributed by atoms with Crippen LogP contribution in [0.1, 0.15) is 33.6 Å². The van der Waals surface area contributed by atoms with E-state index in [1.807, 2.05) is 44.3 Å². The fourth-order valence-electron chi connectivity index (χ4n) is 4.48. The molecule has 1 amide bonds. The molecule has 33 heavy (non-hydrogen) atoms. The van der Waals surface area contributed by atoms with Crippen molar-refractivity contribution in [3.63, 3.8) is 0 Å². The van der Waals surface area contributed by atoms with Crippen LogP contribution in [-0.4, -0.2) is 22.0 Å². The van der Waals surface area contributed by atoms with E-state index >= 15 is 0 Å². The highest BCUT2D eigenvalue weighted by atomic mass is 16.1. The van der Waals surface area contributed by atoms with E-state index in [0.717, 1.165) is 39.1 Å². The minimum absolute atomic E-state index is 0.107. The number of nitrogens with one attached hydrogen (secondary N) is 2. The topological polar surface area (TPSA) is 73.6 Å². The molecule has 0 radical (unpaired) electrons. The van der Waals surface area contributed by atoms with Gasteiger partial charge in [-0.05, 0) is 74.6 Å². The maximum absolute atomic E-state index is 12.7. The number of nitrogens with zero attached hydrogens (tertiary/aromatic N) is 2. The number of nitriles is 1. The van der Waals surface area contributed by atoms with Gasteiger partial charge in [-0.3, -0.25) is 4.79 Å². The normalized spacial score (nSPS) is 11.5. The number of hydrogen-bond donors (Lipinski definition) is 2. The first-order valence-electron chi connectivity index (χ1n) is 11.1. The Morgan fingerprint density at radius 2 is 1.82 bits per heavy atom. The lowest BCUT2D eigenvalue weighted by atomic mass is 10.1. The lowest BCUT2D eigenvalue weighted by molar-refractivity contribution is -0.117. The Kier molecular flexibility index (Phi) is 6.19. The summed E-state index contributed by atoms with van der Waals surface area (Å²) in [5.41, 5.74) is 8.78. The van der Waals surface area contributed by atoms with E-state index in [-0.39, 0.29) is 11.5 Å². The summed E-state index contributed by atoms with van der Waals surface area (Å²) in [6, 6.07) is 18.4. The van der Waals surface area contributed by atoms with E-state index in [1.54, 1.807) is 6.08 Å². The molecule has 5 heteroatoms. The molecule has 0 fully saturated rings. The predicted molar refractivity (Wildman–Crippen MR) is 133 cm³/mol. The van der Waals surface area contributed by atoms with Gasteiger partial charge in [0.25, 0.3) is 5.91 Å². The van der Waals surface area contributed by atoms with Crippen molar-refractivity contribution in [2.75, 3.05) is 6.54 Å². The summed E-state index contributed by atoms with van der Waals surface area (Å²) in [5.74, 6) is -0.353. The van der Waals surface area contributed by atoms with Gasteiger partial charge >= 0.3 is 0 Å². The SMILES string of the molecule is Cc1cccc(C)c1-n1c(C)cc(/C=C(/C#N)C(=O)NCCc2c[nH]c3ccccc23)c1C. The van der Waals surface area contributed by atoms with Crippen molar-refractivity contribution in [3.8, 4) is 11.8 Å². The highest BCUT2D eigenvalue weighted by Gasteiger charge is 2.16. The van der Waals surface area contributed by atoms with Crippen molar-refractivity contribution in [1.82, 2.24) is 14.9 Å². The van der Waals surface area contributed by atoms with Crippen LogP contribution in [0.5, 0.6) is 0 Å². The number of para-hydroxylation sites is 2. The van der Waals surface area contributed by atoms with Crippen LogP contribution in [0, 0.1) is 39.0 Å². The fraction of sp³-hybridized carbons (Fsp3) is 0.214. The van der Waals surface area contributed by atoms with Crippen LogP contribution in [0.3, 0.4) is 0 Å². The maximum Gasteiger partial charge on any atom is 0.261 e. The monoisotopic (exact) mass is 436 g/mol. The van der Waals surface area contributed by atoms with E-state index < -0.39 is 0 Å². The van der Waals surface area contributed by atoms with Gasteiger partial charge in [-0.1, -0.05) is 36.4 Å². The zero-order valence-electron chi connectivity index (χ0n) is 19.5. The van der Waals surface area contributed by atoms with Gasteiger partial charge < -0.3 is 14.9 Å². The molecule has 0 aliphatic carbocycles. The zero-order chi connectivity index (χ0) is 23.5. The van der Waals surface area contributed by atoms with E-state index in [0.29, 0.717) is 13.0 Å². The van der Waals surface area contributed by atoms with E-state index in [2.05, 4.69) is 59.1 Å². The van der Waals surface area contributed by atoms with Crippen LogP contribution in [0.2, 0.25) is 0 Å². The highest BCUT2D eigenvalue weighted by Crippen LogP contribution is 2.27. The molecule has 0 aliphatic rings. The van der Waals surface area contributed by atoms with Crippen molar-refractivity contribution < 1.29 is 4.79 Å². The Labute approximate surface area is 194 Å². The molecule has 4 aromatic rings. The number of fused-ring (bicyclic) bond motifs is 1. The summed E-state index contributed by atoms with van der Waals surface area (Å²) in [4.78, 5) is 16.0. The number of rotatable bonds is 6. The Morgan fingerprint density at radius 3 is 2.55 bits per heavy atom. The second-order valence-corrected chi connectivity index (χ2v) is 8.44. The van der Waals surface area contributed by atoms with Gasteiger partial charge in [0.1, 0.15) is 11.6 Å². The number of carbonyl (C=O) groups excluding carboxylic acids is 1. The zero-order valence-corrected chi connectivity index (χ0v) is 19.5. The second kappa shape index (κ2) is 9.22. The molecule has 0 saturated heterocycles. The molecule has 0 saturated carbocycles. The molecule has 0 unspecified atom stereocenters. The third-order valence-corrected chi connectivity index (χ3v) is 6.15. The lowest BCUT2D eigenvalue weighted by Crippen LogP contribution is -2.26. The molecule has 0 aliphatic heterocycles. The van der Waals surface area contributed by atoms with Gasteiger partial charge in [0.05, 0.1) is 5.69 Å². The first kappa shape index (κ1) is 22.2. The first-order chi connectivity index (χ1) is 15.9. The number of hydrogen-bond acceptors (Lipinski definition) is 2. The molecule has 166 valence electrons. The smallest absolute Gasteiger partial charge is 0.261 e. The highest BCUT2D eigenvalue weighted by molar-refractivity contribution is 6.01. The Bertz CT molecular complexity index is 1390. The number of aromatic nitrogens is 2. The summed E-state index contributed by atoms with van der Waals surface area (Å²) in [7, 11) is 0. The molecule has 5 nitrogen and oxygen atoms in total. The summed E-state index contributed by atoms with van der Waals surface area (Å²) >= 11 is 0. The molecule has 0 spiro atoms. The largest absolute Gasteiger partial charge is 0.361 e. The maximum atomic E-state index is 12.7. The van der Waals surface area contributed by atoms with Crippen LogP contribution < -0.4 is 5.32 Å². The van der Waals surface area contributed by atoms with Crippen LogP contribution in [-0.2, 0) is 11.2 Å². The third-order valence-electron chi connectivity index (χ3n) is 6.15. The summed E-state index contributed by atoms with van der Waals surface area (Å²) in [6.07, 6.45) is 4.35. The number of aromatic amines is 1. The van der Waals surface area contributed by atoms with Gasteiger partial charge in [-0.25, -0.2) is 0 Å². The first-order valence-corrected chi connectivity index (χ1v) is 11.1. The number of H-pyrrole nitrogens is 1. The van der Waals surface area contributed by atoms with Crippen molar-refractivity contribution >= 4 is 22.9 Å². The van der Waals surface area contributed by atoms with Gasteiger partial charge in [0.15, 0.2) is 0 Å².